The first-order valence-corrected chi connectivity index (χ1v) is 9.71. The Morgan fingerprint density at radius 3 is 2.64 bits per heavy atom. The Kier molecular flexibility index (Phi) is 4.55. The van der Waals surface area contributed by atoms with Crippen molar-refractivity contribution in [2.75, 3.05) is 13.1 Å². The van der Waals surface area contributed by atoms with Gasteiger partial charge in [0.25, 0.3) is 0 Å². The van der Waals surface area contributed by atoms with Gasteiger partial charge in [0, 0.05) is 30.2 Å². The molecule has 1 amide bonds. The van der Waals surface area contributed by atoms with E-state index in [0.29, 0.717) is 12.3 Å². The minimum atomic E-state index is -0.747. The number of carbonyl (C=O) groups excluding carboxylic acids is 1. The van der Waals surface area contributed by atoms with Gasteiger partial charge in [-0.1, -0.05) is 37.5 Å². The Morgan fingerprint density at radius 2 is 1.88 bits per heavy atom. The van der Waals surface area contributed by atoms with E-state index in [0.717, 1.165) is 51.6 Å². The molecule has 1 saturated carbocycles. The van der Waals surface area contributed by atoms with Crippen LogP contribution in [0.2, 0.25) is 0 Å². The van der Waals surface area contributed by atoms with Gasteiger partial charge in [0.05, 0.1) is 12.0 Å². The molecule has 1 aromatic heterocycles. The lowest BCUT2D eigenvalue weighted by Crippen LogP contribution is -2.43. The lowest BCUT2D eigenvalue weighted by molar-refractivity contribution is -0.138. The van der Waals surface area contributed by atoms with Crippen molar-refractivity contribution >= 4 is 16.8 Å². The van der Waals surface area contributed by atoms with Crippen molar-refractivity contribution in [1.29, 1.82) is 0 Å². The SMILES string of the molecule is O=C(CC1(O)CCCCC1)N1CCC(c2c[nH]c3ccccc23)CC1. The monoisotopic (exact) mass is 340 g/mol. The molecule has 1 aromatic carbocycles. The average molecular weight is 340 g/mol. The fraction of sp³-hybridized carbons (Fsp3) is 0.571. The van der Waals surface area contributed by atoms with Gasteiger partial charge in [-0.3, -0.25) is 4.79 Å². The third-order valence-electron chi connectivity index (χ3n) is 6.17. The Labute approximate surface area is 149 Å². The van der Waals surface area contributed by atoms with Crippen molar-refractivity contribution in [3.05, 3.63) is 36.0 Å². The lowest BCUT2D eigenvalue weighted by Gasteiger charge is -2.36. The van der Waals surface area contributed by atoms with E-state index in [9.17, 15) is 9.90 Å². The molecule has 2 heterocycles. The van der Waals surface area contributed by atoms with Crippen LogP contribution in [0.4, 0.5) is 0 Å². The molecule has 4 rings (SSSR count). The minimum absolute atomic E-state index is 0.141. The fourth-order valence-electron chi connectivity index (χ4n) is 4.65. The third-order valence-corrected chi connectivity index (χ3v) is 6.17. The maximum Gasteiger partial charge on any atom is 0.225 e. The molecule has 2 fully saturated rings. The molecule has 4 heteroatoms. The normalized spacial score (nSPS) is 21.6. The average Bonchev–Trinajstić information content (AvgIpc) is 3.06. The van der Waals surface area contributed by atoms with Crippen LogP contribution in [-0.4, -0.2) is 39.6 Å². The van der Waals surface area contributed by atoms with Gasteiger partial charge in [-0.2, -0.15) is 0 Å². The second-order valence-corrected chi connectivity index (χ2v) is 7.91. The number of nitrogens with one attached hydrogen (secondary N) is 1. The lowest BCUT2D eigenvalue weighted by atomic mass is 9.82. The predicted molar refractivity (Wildman–Crippen MR) is 99.5 cm³/mol. The molecule has 4 nitrogen and oxygen atoms in total. The van der Waals surface area contributed by atoms with Gasteiger partial charge >= 0.3 is 0 Å². The summed E-state index contributed by atoms with van der Waals surface area (Å²) in [6.07, 6.45) is 9.31. The van der Waals surface area contributed by atoms with E-state index in [2.05, 4.69) is 35.4 Å². The van der Waals surface area contributed by atoms with Gasteiger partial charge in [-0.05, 0) is 43.2 Å². The Hall–Kier alpha value is -1.81. The van der Waals surface area contributed by atoms with Gasteiger partial charge < -0.3 is 15.0 Å². The maximum absolute atomic E-state index is 12.6. The smallest absolute Gasteiger partial charge is 0.225 e. The summed E-state index contributed by atoms with van der Waals surface area (Å²) >= 11 is 0. The molecule has 1 aliphatic carbocycles. The molecule has 1 saturated heterocycles. The van der Waals surface area contributed by atoms with Crippen molar-refractivity contribution in [1.82, 2.24) is 9.88 Å². The number of nitrogens with zero attached hydrogens (tertiary/aromatic N) is 1. The first kappa shape index (κ1) is 16.6. The first-order valence-electron chi connectivity index (χ1n) is 9.71. The summed E-state index contributed by atoms with van der Waals surface area (Å²) in [6.45, 7) is 1.61. The number of likely N-dealkylation sites (tertiary alicyclic amines) is 1. The van der Waals surface area contributed by atoms with E-state index in [1.165, 1.54) is 22.9 Å². The molecule has 25 heavy (non-hydrogen) atoms. The van der Waals surface area contributed by atoms with E-state index >= 15 is 0 Å². The number of para-hydroxylation sites is 1. The van der Waals surface area contributed by atoms with Crippen LogP contribution in [0.3, 0.4) is 0 Å². The summed E-state index contributed by atoms with van der Waals surface area (Å²) in [5, 5.41) is 12.0. The number of piperidine rings is 1. The van der Waals surface area contributed by atoms with E-state index in [-0.39, 0.29) is 5.91 Å². The molecule has 0 unspecified atom stereocenters. The molecule has 2 aliphatic rings. The second-order valence-electron chi connectivity index (χ2n) is 7.91. The number of carbonyl (C=O) groups is 1. The van der Waals surface area contributed by atoms with Gasteiger partial charge in [-0.15, -0.1) is 0 Å². The predicted octanol–water partition coefficient (Wildman–Crippen LogP) is 3.96. The number of hydrogen-bond acceptors (Lipinski definition) is 2. The molecule has 0 bridgehead atoms. The standard InChI is InChI=1S/C21H28N2O2/c24-20(14-21(25)10-4-1-5-11-21)23-12-8-16(9-13-23)18-15-22-19-7-3-2-6-17(18)19/h2-3,6-7,15-16,22,25H,1,4-5,8-14H2. The summed E-state index contributed by atoms with van der Waals surface area (Å²) in [5.74, 6) is 0.653. The number of amides is 1. The van der Waals surface area contributed by atoms with Crippen LogP contribution in [-0.2, 0) is 4.79 Å². The van der Waals surface area contributed by atoms with Crippen molar-refractivity contribution in [2.24, 2.45) is 0 Å². The van der Waals surface area contributed by atoms with Gasteiger partial charge in [-0.25, -0.2) is 0 Å². The van der Waals surface area contributed by atoms with E-state index in [1.54, 1.807) is 0 Å². The van der Waals surface area contributed by atoms with E-state index in [1.807, 2.05) is 4.90 Å². The second kappa shape index (κ2) is 6.83. The summed E-state index contributed by atoms with van der Waals surface area (Å²) in [5.41, 5.74) is 1.83. The van der Waals surface area contributed by atoms with Crippen molar-refractivity contribution < 1.29 is 9.90 Å². The highest BCUT2D eigenvalue weighted by molar-refractivity contribution is 5.83. The van der Waals surface area contributed by atoms with E-state index < -0.39 is 5.60 Å². The third kappa shape index (κ3) is 3.45. The van der Waals surface area contributed by atoms with Crippen LogP contribution < -0.4 is 0 Å². The number of aliphatic hydroxyl groups is 1. The fourth-order valence-corrected chi connectivity index (χ4v) is 4.65. The number of rotatable bonds is 3. The first-order chi connectivity index (χ1) is 12.1. The van der Waals surface area contributed by atoms with Crippen LogP contribution in [0.15, 0.2) is 30.5 Å². The molecular weight excluding hydrogens is 312 g/mol. The molecular formula is C21H28N2O2. The Balaban J connectivity index is 1.37. The summed E-state index contributed by atoms with van der Waals surface area (Å²) in [7, 11) is 0. The number of fused-ring (bicyclic) bond motifs is 1. The number of hydrogen-bond donors (Lipinski definition) is 2. The Morgan fingerprint density at radius 1 is 1.16 bits per heavy atom. The number of aromatic amines is 1. The van der Waals surface area contributed by atoms with Crippen LogP contribution in [0.25, 0.3) is 10.9 Å². The van der Waals surface area contributed by atoms with Gasteiger partial charge in [0.2, 0.25) is 5.91 Å². The minimum Gasteiger partial charge on any atom is -0.389 e. The molecule has 0 atom stereocenters. The molecule has 0 spiro atoms. The van der Waals surface area contributed by atoms with Gasteiger partial charge in [0.15, 0.2) is 0 Å². The van der Waals surface area contributed by atoms with E-state index in [4.69, 9.17) is 0 Å². The zero-order valence-electron chi connectivity index (χ0n) is 14.8. The largest absolute Gasteiger partial charge is 0.389 e. The highest BCUT2D eigenvalue weighted by Gasteiger charge is 2.34. The number of H-pyrrole nitrogens is 1. The number of benzene rings is 1. The quantitative estimate of drug-likeness (QED) is 0.888. The zero-order valence-corrected chi connectivity index (χ0v) is 14.8. The van der Waals surface area contributed by atoms with Crippen LogP contribution >= 0.6 is 0 Å². The Bertz CT molecular complexity index is 737. The highest BCUT2D eigenvalue weighted by Crippen LogP contribution is 2.35. The van der Waals surface area contributed by atoms with Gasteiger partial charge in [0.1, 0.15) is 0 Å². The van der Waals surface area contributed by atoms with Crippen LogP contribution in [0.5, 0.6) is 0 Å². The topological polar surface area (TPSA) is 56.3 Å². The molecule has 134 valence electrons. The molecule has 2 N–H and O–H groups in total. The zero-order chi connectivity index (χ0) is 17.3. The van der Waals surface area contributed by atoms with Crippen molar-refractivity contribution in [3.63, 3.8) is 0 Å². The van der Waals surface area contributed by atoms with Crippen molar-refractivity contribution in [3.8, 4) is 0 Å². The molecule has 0 radical (unpaired) electrons. The summed E-state index contributed by atoms with van der Waals surface area (Å²) < 4.78 is 0. The highest BCUT2D eigenvalue weighted by atomic mass is 16.3. The van der Waals surface area contributed by atoms with Crippen molar-refractivity contribution in [2.45, 2.75) is 62.9 Å². The molecule has 1 aliphatic heterocycles. The summed E-state index contributed by atoms with van der Waals surface area (Å²) in [4.78, 5) is 18.0. The maximum atomic E-state index is 12.6. The number of aromatic nitrogens is 1. The molecule has 2 aromatic rings. The van der Waals surface area contributed by atoms with Crippen LogP contribution in [0, 0.1) is 0 Å². The van der Waals surface area contributed by atoms with Crippen LogP contribution in [0.1, 0.15) is 62.8 Å². The summed E-state index contributed by atoms with van der Waals surface area (Å²) in [6, 6.07) is 8.43.